The van der Waals surface area contributed by atoms with E-state index in [1.165, 1.54) is 0 Å². The van der Waals surface area contributed by atoms with Crippen LogP contribution in [0.15, 0.2) is 35.0 Å². The highest BCUT2D eigenvalue weighted by atomic mass is 16.8. The summed E-state index contributed by atoms with van der Waals surface area (Å²) in [4.78, 5) is 24.6. The van der Waals surface area contributed by atoms with Gasteiger partial charge in [0.25, 0.3) is 5.69 Å². The molecule has 3 rings (SSSR count). The van der Waals surface area contributed by atoms with E-state index in [-0.39, 0.29) is 49.7 Å². The van der Waals surface area contributed by atoms with E-state index < -0.39 is 5.97 Å². The molecule has 0 spiro atoms. The van der Waals surface area contributed by atoms with Crippen molar-refractivity contribution < 1.29 is 33.3 Å². The van der Waals surface area contributed by atoms with Crippen molar-refractivity contribution in [3.8, 4) is 17.1 Å². The SMILES string of the molecule is CC(C)[C@@H]1CC[C@@H](C)C[C@H]1OC(=O)CCC(=O)OCCCOc1no[n+]([O-])c1-c1ccccc1. The highest BCUT2D eigenvalue weighted by Gasteiger charge is 2.33. The second kappa shape index (κ2) is 12.4. The Bertz CT molecular complexity index is 929. The maximum atomic E-state index is 12.3. The van der Waals surface area contributed by atoms with E-state index in [1.54, 1.807) is 24.3 Å². The fourth-order valence-electron chi connectivity index (χ4n) is 4.32. The first-order chi connectivity index (χ1) is 16.3. The Morgan fingerprint density at radius 3 is 2.62 bits per heavy atom. The van der Waals surface area contributed by atoms with Crippen LogP contribution in [0, 0.1) is 23.0 Å². The van der Waals surface area contributed by atoms with Crippen molar-refractivity contribution in [1.29, 1.82) is 0 Å². The lowest BCUT2D eigenvalue weighted by Gasteiger charge is -2.36. The topological polar surface area (TPSA) is 115 Å². The maximum Gasteiger partial charge on any atom is 0.402 e. The molecular weight excluding hydrogens is 440 g/mol. The molecule has 0 amide bonds. The molecule has 0 radical (unpaired) electrons. The summed E-state index contributed by atoms with van der Waals surface area (Å²) in [5.41, 5.74) is 0.803. The lowest BCUT2D eigenvalue weighted by atomic mass is 9.75. The molecule has 1 saturated carbocycles. The molecule has 0 aliphatic heterocycles. The summed E-state index contributed by atoms with van der Waals surface area (Å²) in [6.45, 7) is 6.80. The molecule has 1 aliphatic carbocycles. The molecular formula is C25H34N2O7. The Morgan fingerprint density at radius 2 is 1.88 bits per heavy atom. The molecule has 9 nitrogen and oxygen atoms in total. The van der Waals surface area contributed by atoms with E-state index in [0.29, 0.717) is 34.6 Å². The zero-order chi connectivity index (χ0) is 24.5. The van der Waals surface area contributed by atoms with Gasteiger partial charge in [0.15, 0.2) is 0 Å². The smallest absolute Gasteiger partial charge is 0.402 e. The van der Waals surface area contributed by atoms with Crippen molar-refractivity contribution in [2.45, 2.75) is 65.4 Å². The van der Waals surface area contributed by atoms with Gasteiger partial charge in [0.05, 0.1) is 31.2 Å². The fraction of sp³-hybridized carbons (Fsp3) is 0.600. The largest absolute Gasteiger partial charge is 0.466 e. The molecule has 9 heteroatoms. The average molecular weight is 475 g/mol. The van der Waals surface area contributed by atoms with Crippen LogP contribution >= 0.6 is 0 Å². The van der Waals surface area contributed by atoms with Crippen molar-refractivity contribution in [1.82, 2.24) is 5.16 Å². The van der Waals surface area contributed by atoms with Crippen LogP contribution in [0.4, 0.5) is 0 Å². The van der Waals surface area contributed by atoms with Gasteiger partial charge < -0.3 is 19.4 Å². The van der Waals surface area contributed by atoms with Gasteiger partial charge in [0.1, 0.15) is 6.10 Å². The number of aromatic nitrogens is 2. The quantitative estimate of drug-likeness (QED) is 0.272. The number of esters is 2. The first-order valence-corrected chi connectivity index (χ1v) is 12.0. The summed E-state index contributed by atoms with van der Waals surface area (Å²) in [6.07, 6.45) is 3.41. The molecule has 0 unspecified atom stereocenters. The lowest BCUT2D eigenvalue weighted by Crippen LogP contribution is -2.35. The van der Waals surface area contributed by atoms with Gasteiger partial charge in [0, 0.05) is 12.0 Å². The molecule has 2 aromatic rings. The Kier molecular flexibility index (Phi) is 9.30. The highest BCUT2D eigenvalue weighted by molar-refractivity contribution is 5.77. The van der Waals surface area contributed by atoms with Gasteiger partial charge in [-0.1, -0.05) is 57.5 Å². The molecule has 1 aliphatic rings. The molecule has 34 heavy (non-hydrogen) atoms. The number of carbonyl (C=O) groups is 2. The normalized spacial score (nSPS) is 20.2. The van der Waals surface area contributed by atoms with Gasteiger partial charge in [-0.15, -0.1) is 0 Å². The molecule has 1 fully saturated rings. The first-order valence-electron chi connectivity index (χ1n) is 12.0. The fourth-order valence-corrected chi connectivity index (χ4v) is 4.32. The van der Waals surface area contributed by atoms with Crippen molar-refractivity contribution in [3.05, 3.63) is 35.5 Å². The molecule has 1 heterocycles. The van der Waals surface area contributed by atoms with E-state index in [4.69, 9.17) is 14.2 Å². The number of hydrogen-bond donors (Lipinski definition) is 0. The molecule has 0 saturated heterocycles. The first kappa shape index (κ1) is 25.5. The predicted molar refractivity (Wildman–Crippen MR) is 122 cm³/mol. The third kappa shape index (κ3) is 7.20. The Hall–Kier alpha value is -3.10. The maximum absolute atomic E-state index is 12.3. The van der Waals surface area contributed by atoms with Crippen molar-refractivity contribution >= 4 is 11.9 Å². The number of ether oxygens (including phenoxy) is 3. The van der Waals surface area contributed by atoms with E-state index >= 15 is 0 Å². The summed E-state index contributed by atoms with van der Waals surface area (Å²) < 4.78 is 21.1. The number of benzene rings is 1. The predicted octanol–water partition coefficient (Wildman–Crippen LogP) is 4.07. The van der Waals surface area contributed by atoms with Gasteiger partial charge in [-0.25, -0.2) is 0 Å². The van der Waals surface area contributed by atoms with Crippen LogP contribution < -0.4 is 9.64 Å². The van der Waals surface area contributed by atoms with Crippen LogP contribution in [0.2, 0.25) is 0 Å². The standard InChI is InChI=1S/C25H34N2O7/c1-17(2)20-11-10-18(3)16-21(20)33-23(29)13-12-22(28)31-14-7-15-32-25-24(27(30)34-26-25)19-8-5-4-6-9-19/h4-6,8-9,17-18,20-21H,7,10-16H2,1-3H3/t18-,20+,21-/m1/s1. The molecule has 1 aromatic heterocycles. The number of carbonyl (C=O) groups excluding carboxylic acids is 2. The number of hydrogen-bond acceptors (Lipinski definition) is 8. The summed E-state index contributed by atoms with van der Waals surface area (Å²) >= 11 is 0. The molecule has 3 atom stereocenters. The van der Waals surface area contributed by atoms with Crippen LogP contribution in [0.1, 0.15) is 59.3 Å². The number of rotatable bonds is 11. The van der Waals surface area contributed by atoms with Crippen LogP contribution in [0.25, 0.3) is 11.3 Å². The lowest BCUT2D eigenvalue weighted by molar-refractivity contribution is -0.793. The Labute approximate surface area is 199 Å². The van der Waals surface area contributed by atoms with Gasteiger partial charge in [-0.3, -0.25) is 14.2 Å². The zero-order valence-electron chi connectivity index (χ0n) is 20.1. The van der Waals surface area contributed by atoms with E-state index in [0.717, 1.165) is 19.3 Å². The molecule has 186 valence electrons. The van der Waals surface area contributed by atoms with Gasteiger partial charge >= 0.3 is 17.8 Å². The van der Waals surface area contributed by atoms with Gasteiger partial charge in [-0.05, 0) is 35.5 Å². The molecule has 0 N–H and O–H groups in total. The molecule has 1 aromatic carbocycles. The Morgan fingerprint density at radius 1 is 1.15 bits per heavy atom. The van der Waals surface area contributed by atoms with E-state index in [1.807, 2.05) is 6.07 Å². The van der Waals surface area contributed by atoms with Crippen molar-refractivity contribution in [2.75, 3.05) is 13.2 Å². The summed E-state index contributed by atoms with van der Waals surface area (Å²) in [7, 11) is 0. The zero-order valence-corrected chi connectivity index (χ0v) is 20.1. The van der Waals surface area contributed by atoms with Gasteiger partial charge in [-0.2, -0.15) is 0 Å². The minimum atomic E-state index is -0.460. The monoisotopic (exact) mass is 474 g/mol. The van der Waals surface area contributed by atoms with Crippen molar-refractivity contribution in [3.63, 3.8) is 0 Å². The third-order valence-electron chi connectivity index (χ3n) is 6.20. The summed E-state index contributed by atoms with van der Waals surface area (Å²) in [6, 6.07) is 8.91. The van der Waals surface area contributed by atoms with Crippen LogP contribution in [0.3, 0.4) is 0 Å². The minimum Gasteiger partial charge on any atom is -0.466 e. The van der Waals surface area contributed by atoms with Crippen LogP contribution in [-0.2, 0) is 19.1 Å². The van der Waals surface area contributed by atoms with Crippen LogP contribution in [-0.4, -0.2) is 36.4 Å². The van der Waals surface area contributed by atoms with Crippen LogP contribution in [0.5, 0.6) is 5.88 Å². The van der Waals surface area contributed by atoms with E-state index in [2.05, 4.69) is 30.6 Å². The third-order valence-corrected chi connectivity index (χ3v) is 6.20. The number of nitrogens with zero attached hydrogens (tertiary/aromatic N) is 2. The van der Waals surface area contributed by atoms with Crippen molar-refractivity contribution in [2.24, 2.45) is 17.8 Å². The minimum absolute atomic E-state index is 0.00784. The summed E-state index contributed by atoms with van der Waals surface area (Å²) in [5, 5.41) is 15.5. The molecule has 0 bridgehead atoms. The Balaban J connectivity index is 1.34. The van der Waals surface area contributed by atoms with E-state index in [9.17, 15) is 14.8 Å². The highest BCUT2D eigenvalue weighted by Crippen LogP contribution is 2.35. The summed E-state index contributed by atoms with van der Waals surface area (Å²) in [5.74, 6) is 0.632. The van der Waals surface area contributed by atoms with Gasteiger partial charge in [0.2, 0.25) is 0 Å². The average Bonchev–Trinajstić information content (AvgIpc) is 3.18. The second-order valence-electron chi connectivity index (χ2n) is 9.23. The second-order valence-corrected chi connectivity index (χ2v) is 9.23.